The van der Waals surface area contributed by atoms with Gasteiger partial charge in [-0.15, -0.1) is 0 Å². The van der Waals surface area contributed by atoms with E-state index in [1.807, 2.05) is 29.9 Å². The highest BCUT2D eigenvalue weighted by Crippen LogP contribution is 2.25. The molecule has 0 radical (unpaired) electrons. The molecule has 2 nitrogen and oxygen atoms in total. The molecule has 1 unspecified atom stereocenters. The third kappa shape index (κ3) is 2.99. The molecule has 2 aromatic rings. The predicted molar refractivity (Wildman–Crippen MR) is 74.5 cm³/mol. The van der Waals surface area contributed by atoms with Crippen LogP contribution >= 0.6 is 15.9 Å². The van der Waals surface area contributed by atoms with Crippen LogP contribution in [0, 0.1) is 5.82 Å². The first kappa shape index (κ1) is 13.3. The quantitative estimate of drug-likeness (QED) is 0.770. The zero-order valence-corrected chi connectivity index (χ0v) is 11.9. The average Bonchev–Trinajstić information content (AvgIpc) is 2.78. The molecule has 18 heavy (non-hydrogen) atoms. The van der Waals surface area contributed by atoms with E-state index in [-0.39, 0.29) is 11.7 Å². The van der Waals surface area contributed by atoms with E-state index in [9.17, 15) is 4.39 Å². The van der Waals surface area contributed by atoms with Crippen molar-refractivity contribution in [1.29, 1.82) is 0 Å². The molecule has 1 heterocycles. The second kappa shape index (κ2) is 6.14. The van der Waals surface area contributed by atoms with Crippen LogP contribution < -0.4 is 0 Å². The molecule has 0 aliphatic carbocycles. The summed E-state index contributed by atoms with van der Waals surface area (Å²) in [5.74, 6) is 0.0769. The van der Waals surface area contributed by atoms with E-state index < -0.39 is 0 Å². The monoisotopic (exact) mass is 310 g/mol. The standard InChI is InChI=1S/C14H16BrFN2/c1-18-12(8-9-17-18)7-6-11(10-15)13-4-2-3-5-14(13)16/h2-5,8-9,11H,6-7,10H2,1H3. The van der Waals surface area contributed by atoms with Crippen molar-refractivity contribution in [3.63, 3.8) is 0 Å². The minimum atomic E-state index is -0.119. The van der Waals surface area contributed by atoms with E-state index in [0.717, 1.165) is 23.7 Å². The number of alkyl halides is 1. The van der Waals surface area contributed by atoms with Crippen LogP contribution in [0.15, 0.2) is 36.5 Å². The normalized spacial score (nSPS) is 12.6. The summed E-state index contributed by atoms with van der Waals surface area (Å²) in [4.78, 5) is 0. The van der Waals surface area contributed by atoms with E-state index in [4.69, 9.17) is 0 Å². The van der Waals surface area contributed by atoms with Gasteiger partial charge in [0.25, 0.3) is 0 Å². The lowest BCUT2D eigenvalue weighted by molar-refractivity contribution is 0.570. The molecule has 0 aliphatic rings. The third-order valence-corrected chi connectivity index (χ3v) is 3.98. The van der Waals surface area contributed by atoms with Crippen LogP contribution in [-0.4, -0.2) is 15.1 Å². The van der Waals surface area contributed by atoms with Crippen molar-refractivity contribution in [3.8, 4) is 0 Å². The van der Waals surface area contributed by atoms with Gasteiger partial charge >= 0.3 is 0 Å². The summed E-state index contributed by atoms with van der Waals surface area (Å²) < 4.78 is 15.6. The zero-order chi connectivity index (χ0) is 13.0. The van der Waals surface area contributed by atoms with E-state index >= 15 is 0 Å². The molecular weight excluding hydrogens is 295 g/mol. The van der Waals surface area contributed by atoms with Crippen molar-refractivity contribution in [2.45, 2.75) is 18.8 Å². The third-order valence-electron chi connectivity index (χ3n) is 3.20. The molecule has 4 heteroatoms. The first-order valence-electron chi connectivity index (χ1n) is 5.99. The van der Waals surface area contributed by atoms with Gasteiger partial charge in [-0.25, -0.2) is 4.39 Å². The number of aryl methyl sites for hydroxylation is 2. The number of nitrogens with zero attached hydrogens (tertiary/aromatic N) is 2. The van der Waals surface area contributed by atoms with Crippen LogP contribution in [0.2, 0.25) is 0 Å². The Kier molecular flexibility index (Phi) is 4.53. The van der Waals surface area contributed by atoms with Crippen molar-refractivity contribution in [2.75, 3.05) is 5.33 Å². The smallest absolute Gasteiger partial charge is 0.126 e. The van der Waals surface area contributed by atoms with Crippen LogP contribution in [0.4, 0.5) is 4.39 Å². The van der Waals surface area contributed by atoms with Crippen LogP contribution in [0.25, 0.3) is 0 Å². The maximum atomic E-state index is 13.7. The van der Waals surface area contributed by atoms with Gasteiger partial charge in [0.05, 0.1) is 0 Å². The lowest BCUT2D eigenvalue weighted by Crippen LogP contribution is -2.07. The number of aromatic nitrogens is 2. The summed E-state index contributed by atoms with van der Waals surface area (Å²) in [7, 11) is 1.93. The van der Waals surface area contributed by atoms with Gasteiger partial charge in [-0.3, -0.25) is 4.68 Å². The van der Waals surface area contributed by atoms with Gasteiger partial charge in [-0.2, -0.15) is 5.10 Å². The Balaban J connectivity index is 2.07. The van der Waals surface area contributed by atoms with Crippen LogP contribution in [0.5, 0.6) is 0 Å². The summed E-state index contributed by atoms with van der Waals surface area (Å²) in [5.41, 5.74) is 1.97. The first-order chi connectivity index (χ1) is 8.72. The van der Waals surface area contributed by atoms with Gasteiger partial charge in [0.2, 0.25) is 0 Å². The molecule has 0 amide bonds. The van der Waals surface area contributed by atoms with E-state index in [1.54, 1.807) is 12.3 Å². The van der Waals surface area contributed by atoms with E-state index in [1.165, 1.54) is 11.8 Å². The minimum absolute atomic E-state index is 0.119. The number of benzene rings is 1. The van der Waals surface area contributed by atoms with Crippen LogP contribution in [-0.2, 0) is 13.5 Å². The molecule has 0 saturated carbocycles. The number of rotatable bonds is 5. The highest BCUT2D eigenvalue weighted by atomic mass is 79.9. The summed E-state index contributed by atoms with van der Waals surface area (Å²) in [6, 6.07) is 9.01. The molecule has 2 rings (SSSR count). The van der Waals surface area contributed by atoms with Crippen LogP contribution in [0.3, 0.4) is 0 Å². The van der Waals surface area contributed by atoms with Gasteiger partial charge in [0.15, 0.2) is 0 Å². The van der Waals surface area contributed by atoms with Crippen molar-refractivity contribution < 1.29 is 4.39 Å². The van der Waals surface area contributed by atoms with Gasteiger partial charge in [-0.1, -0.05) is 34.1 Å². The van der Waals surface area contributed by atoms with Crippen molar-refractivity contribution in [1.82, 2.24) is 9.78 Å². The van der Waals surface area contributed by atoms with Gasteiger partial charge in [0.1, 0.15) is 5.82 Å². The number of hydrogen-bond acceptors (Lipinski definition) is 1. The molecule has 1 atom stereocenters. The Bertz CT molecular complexity index is 510. The second-order valence-corrected chi connectivity index (χ2v) is 5.01. The maximum Gasteiger partial charge on any atom is 0.126 e. The molecule has 0 N–H and O–H groups in total. The molecule has 96 valence electrons. The molecule has 0 saturated heterocycles. The Hall–Kier alpha value is -1.16. The number of hydrogen-bond donors (Lipinski definition) is 0. The first-order valence-corrected chi connectivity index (χ1v) is 7.11. The summed E-state index contributed by atoms with van der Waals surface area (Å²) in [6.07, 6.45) is 3.61. The second-order valence-electron chi connectivity index (χ2n) is 4.36. The summed E-state index contributed by atoms with van der Waals surface area (Å²) >= 11 is 3.48. The van der Waals surface area contributed by atoms with Gasteiger partial charge in [0, 0.05) is 24.3 Å². The predicted octanol–water partition coefficient (Wildman–Crippen LogP) is 3.67. The molecule has 1 aromatic carbocycles. The Morgan fingerprint density at radius 1 is 1.33 bits per heavy atom. The fourth-order valence-corrected chi connectivity index (χ4v) is 2.76. The average molecular weight is 311 g/mol. The van der Waals surface area contributed by atoms with Gasteiger partial charge in [-0.05, 0) is 36.5 Å². The molecular formula is C14H16BrFN2. The number of halogens is 2. The summed E-state index contributed by atoms with van der Waals surface area (Å²) in [6.45, 7) is 0. The minimum Gasteiger partial charge on any atom is -0.273 e. The van der Waals surface area contributed by atoms with E-state index in [0.29, 0.717) is 0 Å². The van der Waals surface area contributed by atoms with Gasteiger partial charge < -0.3 is 0 Å². The Morgan fingerprint density at radius 2 is 2.11 bits per heavy atom. The fraction of sp³-hybridized carbons (Fsp3) is 0.357. The SMILES string of the molecule is Cn1nccc1CCC(CBr)c1ccccc1F. The largest absolute Gasteiger partial charge is 0.273 e. The Morgan fingerprint density at radius 3 is 2.72 bits per heavy atom. The zero-order valence-electron chi connectivity index (χ0n) is 10.3. The highest BCUT2D eigenvalue weighted by molar-refractivity contribution is 9.09. The lowest BCUT2D eigenvalue weighted by atomic mass is 9.95. The topological polar surface area (TPSA) is 17.8 Å². The molecule has 0 aliphatic heterocycles. The summed E-state index contributed by atoms with van der Waals surface area (Å²) in [5, 5.41) is 4.91. The molecule has 1 aromatic heterocycles. The Labute approximate surface area is 115 Å². The molecule has 0 fully saturated rings. The maximum absolute atomic E-state index is 13.7. The lowest BCUT2D eigenvalue weighted by Gasteiger charge is -2.15. The molecule has 0 bridgehead atoms. The fourth-order valence-electron chi connectivity index (χ4n) is 2.09. The molecule has 0 spiro atoms. The van der Waals surface area contributed by atoms with Crippen LogP contribution in [0.1, 0.15) is 23.6 Å². The van der Waals surface area contributed by atoms with E-state index in [2.05, 4.69) is 21.0 Å². The van der Waals surface area contributed by atoms with Crippen molar-refractivity contribution in [3.05, 3.63) is 53.6 Å². The van der Waals surface area contributed by atoms with Crippen molar-refractivity contribution >= 4 is 15.9 Å². The highest BCUT2D eigenvalue weighted by Gasteiger charge is 2.14. The van der Waals surface area contributed by atoms with Crippen molar-refractivity contribution in [2.24, 2.45) is 7.05 Å².